The van der Waals surface area contributed by atoms with E-state index in [0.717, 1.165) is 48.3 Å². The van der Waals surface area contributed by atoms with Crippen LogP contribution in [0.1, 0.15) is 70.8 Å². The number of carbonyl (C=O) groups excluding carboxylic acids is 1. The molecule has 4 aromatic rings. The van der Waals surface area contributed by atoms with E-state index in [2.05, 4.69) is 34.4 Å². The van der Waals surface area contributed by atoms with Crippen LogP contribution >= 0.6 is 0 Å². The number of aromatic nitrogens is 3. The summed E-state index contributed by atoms with van der Waals surface area (Å²) in [7, 11) is 0. The maximum absolute atomic E-state index is 15.0. The molecule has 2 aromatic heterocycles. The van der Waals surface area contributed by atoms with Gasteiger partial charge in [0.2, 0.25) is 5.95 Å². The van der Waals surface area contributed by atoms with Gasteiger partial charge in [-0.25, -0.2) is 13.8 Å². The first-order valence-electron chi connectivity index (χ1n) is 15.8. The van der Waals surface area contributed by atoms with Crippen molar-refractivity contribution >= 4 is 22.9 Å². The van der Waals surface area contributed by atoms with Crippen LogP contribution in [0.2, 0.25) is 0 Å². The quantitative estimate of drug-likeness (QED) is 0.166. The van der Waals surface area contributed by atoms with E-state index in [-0.39, 0.29) is 29.5 Å². The lowest BCUT2D eigenvalue weighted by Crippen LogP contribution is -2.36. The molecule has 2 N–H and O–H groups in total. The van der Waals surface area contributed by atoms with Crippen molar-refractivity contribution in [1.29, 1.82) is 0 Å². The minimum Gasteiger partial charge on any atom is -0.354 e. The van der Waals surface area contributed by atoms with E-state index >= 15 is 8.78 Å². The first-order valence-corrected chi connectivity index (χ1v) is 15.8. The number of pyridine rings is 1. The van der Waals surface area contributed by atoms with Crippen LogP contribution in [0.5, 0.6) is 0 Å². The molecule has 10 heteroatoms. The number of halogens is 2. The molecule has 0 radical (unpaired) electrons. The number of fused-ring (bicyclic) bond motifs is 1. The zero-order valence-electron chi connectivity index (χ0n) is 27.7. The van der Waals surface area contributed by atoms with Gasteiger partial charge in [0, 0.05) is 35.2 Å². The standard InChI is InChI=1S/C33H40F2N6O2.C2H6/c1-7-40(8-2)18-10-17-36-33-38-29(25-19-23(14-13-21(25)5)32(43)37-22(6)20(3)4)24-15-16-28(42)41(31(24)39-33)30-26(34)11-9-12-27(30)35;1-2/h9,11-16,19-20,22H,7-8,10,17-18H2,1-6H3,(H,37,43)(H,36,38,39);1-2H3/t22-;/m0./s1. The molecule has 1 amide bonds. The number of anilines is 1. The van der Waals surface area contributed by atoms with Gasteiger partial charge in [-0.3, -0.25) is 14.2 Å². The third-order valence-corrected chi connectivity index (χ3v) is 7.85. The van der Waals surface area contributed by atoms with Gasteiger partial charge >= 0.3 is 0 Å². The Morgan fingerprint density at radius 2 is 1.64 bits per heavy atom. The summed E-state index contributed by atoms with van der Waals surface area (Å²) in [5.74, 6) is -1.54. The minimum atomic E-state index is -0.891. The number of para-hydroxylation sites is 1. The van der Waals surface area contributed by atoms with Crippen LogP contribution in [0.4, 0.5) is 14.7 Å². The number of benzene rings is 2. The fourth-order valence-corrected chi connectivity index (χ4v) is 4.84. The predicted molar refractivity (Wildman–Crippen MR) is 179 cm³/mol. The number of hydrogen-bond acceptors (Lipinski definition) is 6. The summed E-state index contributed by atoms with van der Waals surface area (Å²) in [6.07, 6.45) is 0.810. The average molecular weight is 621 g/mol. The summed E-state index contributed by atoms with van der Waals surface area (Å²) < 4.78 is 31.0. The second-order valence-corrected chi connectivity index (χ2v) is 11.1. The van der Waals surface area contributed by atoms with Crippen LogP contribution in [-0.4, -0.2) is 57.6 Å². The highest BCUT2D eigenvalue weighted by molar-refractivity contribution is 5.98. The van der Waals surface area contributed by atoms with Gasteiger partial charge in [-0.15, -0.1) is 0 Å². The van der Waals surface area contributed by atoms with E-state index in [1.54, 1.807) is 18.2 Å². The van der Waals surface area contributed by atoms with E-state index in [0.29, 0.717) is 28.8 Å². The summed E-state index contributed by atoms with van der Waals surface area (Å²) in [4.78, 5) is 38.0. The lowest BCUT2D eigenvalue weighted by atomic mass is 9.99. The normalized spacial score (nSPS) is 11.8. The highest BCUT2D eigenvalue weighted by Crippen LogP contribution is 2.31. The molecule has 0 aliphatic heterocycles. The van der Waals surface area contributed by atoms with Gasteiger partial charge in [0.25, 0.3) is 11.5 Å². The van der Waals surface area contributed by atoms with Crippen molar-refractivity contribution in [2.24, 2.45) is 5.92 Å². The maximum atomic E-state index is 15.0. The summed E-state index contributed by atoms with van der Waals surface area (Å²) in [6, 6.07) is 11.5. The van der Waals surface area contributed by atoms with Crippen LogP contribution in [0.3, 0.4) is 0 Å². The molecule has 0 saturated heterocycles. The van der Waals surface area contributed by atoms with Crippen molar-refractivity contribution < 1.29 is 13.6 Å². The molecule has 0 saturated carbocycles. The van der Waals surface area contributed by atoms with Gasteiger partial charge in [0.15, 0.2) is 5.65 Å². The van der Waals surface area contributed by atoms with Crippen molar-refractivity contribution in [3.63, 3.8) is 0 Å². The van der Waals surface area contributed by atoms with Crippen molar-refractivity contribution in [2.75, 3.05) is 31.5 Å². The number of amides is 1. The lowest BCUT2D eigenvalue weighted by molar-refractivity contribution is 0.0930. The lowest BCUT2D eigenvalue weighted by Gasteiger charge is -2.19. The smallest absolute Gasteiger partial charge is 0.256 e. The van der Waals surface area contributed by atoms with Crippen molar-refractivity contribution in [3.05, 3.63) is 81.6 Å². The molecule has 8 nitrogen and oxygen atoms in total. The van der Waals surface area contributed by atoms with E-state index in [1.807, 2.05) is 47.6 Å². The summed E-state index contributed by atoms with van der Waals surface area (Å²) in [5.41, 5.74) is 1.26. The topological polar surface area (TPSA) is 92.2 Å². The van der Waals surface area contributed by atoms with Gasteiger partial charge in [-0.1, -0.05) is 53.7 Å². The van der Waals surface area contributed by atoms with E-state index in [4.69, 9.17) is 4.98 Å². The fraction of sp³-hybridized carbons (Fsp3) is 0.429. The third-order valence-electron chi connectivity index (χ3n) is 7.85. The van der Waals surface area contributed by atoms with Crippen LogP contribution in [0.15, 0.2) is 53.3 Å². The Balaban J connectivity index is 0.00000271. The Labute approximate surface area is 264 Å². The Kier molecular flexibility index (Phi) is 12.7. The van der Waals surface area contributed by atoms with Crippen molar-refractivity contribution in [3.8, 4) is 16.9 Å². The van der Waals surface area contributed by atoms with Gasteiger partial charge in [-0.2, -0.15) is 4.98 Å². The molecule has 0 bridgehead atoms. The van der Waals surface area contributed by atoms with Crippen LogP contribution in [-0.2, 0) is 0 Å². The van der Waals surface area contributed by atoms with Gasteiger partial charge in [0.05, 0.1) is 5.69 Å². The summed E-state index contributed by atoms with van der Waals surface area (Å²) >= 11 is 0. The van der Waals surface area contributed by atoms with E-state index in [9.17, 15) is 9.59 Å². The molecule has 242 valence electrons. The maximum Gasteiger partial charge on any atom is 0.256 e. The molecule has 45 heavy (non-hydrogen) atoms. The zero-order valence-corrected chi connectivity index (χ0v) is 27.7. The fourth-order valence-electron chi connectivity index (χ4n) is 4.84. The number of aryl methyl sites for hydroxylation is 1. The number of nitrogens with zero attached hydrogens (tertiary/aromatic N) is 4. The molecular weight excluding hydrogens is 574 g/mol. The van der Waals surface area contributed by atoms with Crippen molar-refractivity contribution in [2.45, 2.75) is 67.9 Å². The van der Waals surface area contributed by atoms with Crippen molar-refractivity contribution in [1.82, 2.24) is 24.8 Å². The average Bonchev–Trinajstić information content (AvgIpc) is 3.02. The number of carbonyl (C=O) groups is 1. The van der Waals surface area contributed by atoms with E-state index < -0.39 is 22.9 Å². The summed E-state index contributed by atoms with van der Waals surface area (Å²) in [5, 5.41) is 6.68. The molecule has 0 unspecified atom stereocenters. The Morgan fingerprint density at radius 3 is 2.27 bits per heavy atom. The summed E-state index contributed by atoms with van der Waals surface area (Å²) in [6.45, 7) is 19.4. The molecule has 4 rings (SSSR count). The largest absolute Gasteiger partial charge is 0.354 e. The van der Waals surface area contributed by atoms with E-state index in [1.165, 1.54) is 12.1 Å². The molecule has 2 aromatic carbocycles. The Hall–Kier alpha value is -4.18. The van der Waals surface area contributed by atoms with Gasteiger partial charge < -0.3 is 15.5 Å². The second-order valence-electron chi connectivity index (χ2n) is 11.1. The molecule has 0 fully saturated rings. The first kappa shape index (κ1) is 35.3. The highest BCUT2D eigenvalue weighted by atomic mass is 19.1. The molecule has 0 aliphatic rings. The SMILES string of the molecule is CC.CCN(CC)CCCNc1nc(-c2cc(C(=O)N[C@@H](C)C(C)C)ccc2C)c2ccc(=O)n(-c3c(F)cccc3F)c2n1. The predicted octanol–water partition coefficient (Wildman–Crippen LogP) is 6.98. The van der Waals surface area contributed by atoms with Crippen LogP contribution in [0, 0.1) is 24.5 Å². The highest BCUT2D eigenvalue weighted by Gasteiger charge is 2.21. The van der Waals surface area contributed by atoms with Gasteiger partial charge in [0.1, 0.15) is 17.3 Å². The number of nitrogens with one attached hydrogen (secondary N) is 2. The van der Waals surface area contributed by atoms with Crippen LogP contribution in [0.25, 0.3) is 28.0 Å². The molecule has 0 aliphatic carbocycles. The molecular formula is C35H46F2N6O2. The molecule has 2 heterocycles. The number of rotatable bonds is 12. The second kappa shape index (κ2) is 16.2. The minimum absolute atomic E-state index is 0.0330. The zero-order chi connectivity index (χ0) is 33.3. The van der Waals surface area contributed by atoms with Crippen LogP contribution < -0.4 is 16.2 Å². The molecule has 1 atom stereocenters. The monoisotopic (exact) mass is 620 g/mol. The third kappa shape index (κ3) is 8.30. The number of hydrogen-bond donors (Lipinski definition) is 2. The Morgan fingerprint density at radius 1 is 0.978 bits per heavy atom. The Bertz CT molecular complexity index is 1650. The first-order chi connectivity index (χ1) is 21.5. The molecule has 0 spiro atoms. The van der Waals surface area contributed by atoms with Gasteiger partial charge in [-0.05, 0) is 81.7 Å².